The van der Waals surface area contributed by atoms with E-state index in [-0.39, 0.29) is 0 Å². The Morgan fingerprint density at radius 3 is 1.54 bits per heavy atom. The number of pyridine rings is 1. The van der Waals surface area contributed by atoms with Crippen LogP contribution in [0.4, 0.5) is 0 Å². The molecule has 0 aliphatic heterocycles. The first-order valence-electron chi connectivity index (χ1n) is 12.0. The summed E-state index contributed by atoms with van der Waals surface area (Å²) in [5, 5.41) is 3.96. The fraction of sp³-hybridized carbons (Fsp3) is 0.0606. The highest BCUT2D eigenvalue weighted by molar-refractivity contribution is 8.01. The van der Waals surface area contributed by atoms with E-state index in [0.29, 0.717) is 0 Å². The lowest BCUT2D eigenvalue weighted by molar-refractivity contribution is 0.958. The zero-order valence-electron chi connectivity index (χ0n) is 19.8. The zero-order chi connectivity index (χ0) is 23.9. The van der Waals surface area contributed by atoms with Crippen LogP contribution in [0.25, 0.3) is 6.08 Å². The summed E-state index contributed by atoms with van der Waals surface area (Å²) < 4.78 is 0. The molecule has 0 radical (unpaired) electrons. The molecular formula is C33H29NP+. The van der Waals surface area contributed by atoms with Crippen LogP contribution in [0.2, 0.25) is 0 Å². The number of aromatic nitrogens is 1. The van der Waals surface area contributed by atoms with E-state index in [1.807, 2.05) is 12.3 Å². The zero-order valence-corrected chi connectivity index (χ0v) is 20.7. The molecule has 0 bridgehead atoms. The minimum Gasteiger partial charge on any atom is -0.221 e. The van der Waals surface area contributed by atoms with Crippen molar-refractivity contribution in [1.82, 2.24) is 4.98 Å². The van der Waals surface area contributed by atoms with Gasteiger partial charge in [0.2, 0.25) is 0 Å². The molecule has 0 amide bonds. The first-order valence-corrected chi connectivity index (χ1v) is 13.8. The molecular weight excluding hydrogens is 441 g/mol. The van der Waals surface area contributed by atoms with Crippen molar-refractivity contribution in [3.05, 3.63) is 157 Å². The van der Waals surface area contributed by atoms with E-state index in [1.54, 1.807) is 0 Å². The second kappa shape index (κ2) is 10.6. The van der Waals surface area contributed by atoms with Crippen LogP contribution in [0.5, 0.6) is 0 Å². The molecule has 0 aliphatic carbocycles. The predicted octanol–water partition coefficient (Wildman–Crippen LogP) is 6.13. The summed E-state index contributed by atoms with van der Waals surface area (Å²) in [7, 11) is -2.16. The van der Waals surface area contributed by atoms with Gasteiger partial charge in [-0.1, -0.05) is 91.5 Å². The van der Waals surface area contributed by atoms with Crippen LogP contribution in [0.15, 0.2) is 140 Å². The molecule has 0 atom stereocenters. The van der Waals surface area contributed by atoms with Gasteiger partial charge < -0.3 is 0 Å². The first kappa shape index (κ1) is 23.0. The number of nitrogens with zero attached hydrogens (tertiary/aromatic N) is 1. The van der Waals surface area contributed by atoms with Crippen molar-refractivity contribution < 1.29 is 0 Å². The minimum absolute atomic E-state index is 0.974. The van der Waals surface area contributed by atoms with Crippen LogP contribution in [0.1, 0.15) is 16.7 Å². The summed E-state index contributed by atoms with van der Waals surface area (Å²) in [6.45, 7) is 3.86. The largest absolute Gasteiger partial charge is 0.221 e. The molecule has 0 saturated carbocycles. The molecule has 0 spiro atoms. The maximum atomic E-state index is 5.06. The number of hydrogen-bond donors (Lipinski definition) is 0. The topological polar surface area (TPSA) is 12.9 Å². The molecule has 1 aromatic heterocycles. The number of benzene rings is 4. The summed E-state index contributed by atoms with van der Waals surface area (Å²) >= 11 is 0. The highest BCUT2D eigenvalue weighted by Crippen LogP contribution is 2.53. The molecule has 0 fully saturated rings. The molecule has 0 N–H and O–H groups in total. The van der Waals surface area contributed by atoms with Gasteiger partial charge >= 0.3 is 0 Å². The molecule has 0 aliphatic rings. The van der Waals surface area contributed by atoms with E-state index in [1.165, 1.54) is 27.0 Å². The molecule has 2 heteroatoms. The average Bonchev–Trinajstić information content (AvgIpc) is 2.95. The Morgan fingerprint density at radius 2 is 1.06 bits per heavy atom. The average molecular weight is 471 g/mol. The lowest BCUT2D eigenvalue weighted by atomic mass is 10.0. The van der Waals surface area contributed by atoms with Crippen LogP contribution in [-0.4, -0.2) is 4.98 Å². The van der Waals surface area contributed by atoms with Gasteiger partial charge in [0, 0.05) is 12.3 Å². The second-order valence-electron chi connectivity index (χ2n) is 8.65. The van der Waals surface area contributed by atoms with E-state index in [0.717, 1.165) is 23.8 Å². The fourth-order valence-electron chi connectivity index (χ4n) is 4.71. The van der Waals surface area contributed by atoms with Crippen molar-refractivity contribution in [1.29, 1.82) is 0 Å². The van der Waals surface area contributed by atoms with E-state index in [2.05, 4.69) is 134 Å². The van der Waals surface area contributed by atoms with E-state index in [9.17, 15) is 0 Å². The maximum Gasteiger partial charge on any atom is 0.198 e. The van der Waals surface area contributed by atoms with Crippen LogP contribution in [-0.2, 0) is 12.8 Å². The summed E-state index contributed by atoms with van der Waals surface area (Å²) in [4.78, 5) is 5.06. The highest BCUT2D eigenvalue weighted by atomic mass is 31.2. The molecule has 170 valence electrons. The van der Waals surface area contributed by atoms with Crippen LogP contribution >= 0.6 is 7.26 Å². The first-order chi connectivity index (χ1) is 17.3. The summed E-state index contributed by atoms with van der Waals surface area (Å²) in [6.07, 6.45) is 5.85. The van der Waals surface area contributed by atoms with Crippen molar-refractivity contribution >= 4 is 34.7 Å². The Morgan fingerprint density at radius 1 is 0.571 bits per heavy atom. The Bertz CT molecular complexity index is 1280. The molecule has 35 heavy (non-hydrogen) atoms. The highest BCUT2D eigenvalue weighted by Gasteiger charge is 2.49. The second-order valence-corrected chi connectivity index (χ2v) is 12.0. The molecule has 5 aromatic rings. The Labute approximate surface area is 209 Å². The van der Waals surface area contributed by atoms with Gasteiger partial charge in [0.15, 0.2) is 12.7 Å². The van der Waals surface area contributed by atoms with Gasteiger partial charge in [0.05, 0.1) is 0 Å². The van der Waals surface area contributed by atoms with Crippen molar-refractivity contribution in [2.45, 2.75) is 12.8 Å². The molecule has 0 unspecified atom stereocenters. The third-order valence-electron chi connectivity index (χ3n) is 6.50. The maximum absolute atomic E-state index is 5.06. The van der Waals surface area contributed by atoms with Crippen LogP contribution in [0, 0.1) is 0 Å². The van der Waals surface area contributed by atoms with Gasteiger partial charge in [0.1, 0.15) is 15.9 Å². The molecule has 1 heterocycles. The quantitative estimate of drug-likeness (QED) is 0.249. The number of rotatable bonds is 8. The van der Waals surface area contributed by atoms with Crippen molar-refractivity contribution in [3.8, 4) is 0 Å². The van der Waals surface area contributed by atoms with Crippen molar-refractivity contribution in [3.63, 3.8) is 0 Å². The third kappa shape index (κ3) is 4.74. The smallest absolute Gasteiger partial charge is 0.198 e. The number of hydrogen-bond acceptors (Lipinski definition) is 1. The Hall–Kier alpha value is -3.80. The minimum atomic E-state index is -2.16. The normalized spacial score (nSPS) is 11.2. The van der Waals surface area contributed by atoms with Gasteiger partial charge in [-0.05, 0) is 72.0 Å². The molecule has 4 aromatic carbocycles. The lowest BCUT2D eigenvalue weighted by Gasteiger charge is -2.26. The number of aryl methyl sites for hydroxylation is 2. The monoisotopic (exact) mass is 470 g/mol. The van der Waals surface area contributed by atoms with Gasteiger partial charge in [-0.25, -0.2) is 4.98 Å². The van der Waals surface area contributed by atoms with E-state index in [4.69, 9.17) is 4.98 Å². The van der Waals surface area contributed by atoms with Crippen molar-refractivity contribution in [2.24, 2.45) is 0 Å². The Kier molecular flexibility index (Phi) is 6.98. The summed E-state index contributed by atoms with van der Waals surface area (Å²) in [5.74, 6) is 0. The molecule has 1 nitrogen and oxygen atoms in total. The van der Waals surface area contributed by atoms with Crippen molar-refractivity contribution in [2.75, 3.05) is 0 Å². The standard InChI is InChI=1S/C33H29NP/c1-2-27-18-20-28(21-19-27)22-23-29-24-25-34-33(26-29)35(30-12-6-3-7-13-30,31-14-8-4-9-15-31)32-16-10-5-11-17-32/h2-21,24-26H,1,22-23H2/q+1. The summed E-state index contributed by atoms with van der Waals surface area (Å²) in [5.41, 5.74) is 4.96. The summed E-state index contributed by atoms with van der Waals surface area (Å²) in [6, 6.07) is 45.9. The fourth-order valence-corrected chi connectivity index (χ4v) is 8.85. The van der Waals surface area contributed by atoms with Gasteiger partial charge in [0.25, 0.3) is 0 Å². The van der Waals surface area contributed by atoms with Crippen LogP contribution in [0.3, 0.4) is 0 Å². The van der Waals surface area contributed by atoms with E-state index >= 15 is 0 Å². The molecule has 0 saturated heterocycles. The van der Waals surface area contributed by atoms with E-state index < -0.39 is 7.26 Å². The Balaban J connectivity index is 1.62. The molecule has 5 rings (SSSR count). The third-order valence-corrected chi connectivity index (χ3v) is 10.7. The lowest BCUT2D eigenvalue weighted by Crippen LogP contribution is -2.40. The SMILES string of the molecule is C=Cc1ccc(CCc2ccnc([P+](c3ccccc3)(c3ccccc3)c3ccccc3)c2)cc1. The van der Waals surface area contributed by atoms with Gasteiger partial charge in [-0.2, -0.15) is 0 Å². The predicted molar refractivity (Wildman–Crippen MR) is 153 cm³/mol. The van der Waals surface area contributed by atoms with Crippen LogP contribution < -0.4 is 21.3 Å². The van der Waals surface area contributed by atoms with Gasteiger partial charge in [-0.15, -0.1) is 0 Å². The van der Waals surface area contributed by atoms with Gasteiger partial charge in [-0.3, -0.25) is 0 Å².